The van der Waals surface area contributed by atoms with Crippen LogP contribution in [0.4, 0.5) is 0 Å². The Kier molecular flexibility index (Phi) is 3.75. The van der Waals surface area contributed by atoms with E-state index in [-0.39, 0.29) is 11.5 Å². The minimum Gasteiger partial charge on any atom is -0.323 e. The molecule has 0 unspecified atom stereocenters. The predicted octanol–water partition coefficient (Wildman–Crippen LogP) is 2.89. The second kappa shape index (κ2) is 5.47. The van der Waals surface area contributed by atoms with E-state index >= 15 is 0 Å². The molecular formula is C14H11ClN2O. The van der Waals surface area contributed by atoms with Crippen LogP contribution in [0.2, 0.25) is 5.02 Å². The molecule has 2 N–H and O–H groups in total. The van der Waals surface area contributed by atoms with E-state index in [0.717, 1.165) is 0 Å². The van der Waals surface area contributed by atoms with E-state index in [4.69, 9.17) is 17.4 Å². The van der Waals surface area contributed by atoms with Gasteiger partial charge in [0.05, 0.1) is 0 Å². The molecule has 0 amide bonds. The molecule has 4 heteroatoms. The second-order valence-corrected chi connectivity index (χ2v) is 4.12. The van der Waals surface area contributed by atoms with Crippen LogP contribution in [0.25, 0.3) is 0 Å². The summed E-state index contributed by atoms with van der Waals surface area (Å²) >= 11 is 5.86. The molecule has 0 fully saturated rings. The third-order valence-corrected chi connectivity index (χ3v) is 2.71. The summed E-state index contributed by atoms with van der Waals surface area (Å²) in [5.74, 6) is 5.07. The smallest absolute Gasteiger partial charge is 0.213 e. The average molecular weight is 259 g/mol. The van der Waals surface area contributed by atoms with Gasteiger partial charge in [-0.05, 0) is 12.1 Å². The summed E-state index contributed by atoms with van der Waals surface area (Å²) in [4.78, 5) is 12.3. The topological polar surface area (TPSA) is 55.4 Å². The van der Waals surface area contributed by atoms with Gasteiger partial charge in [-0.2, -0.15) is 5.10 Å². The maximum Gasteiger partial charge on any atom is 0.213 e. The van der Waals surface area contributed by atoms with Crippen molar-refractivity contribution >= 4 is 23.1 Å². The lowest BCUT2D eigenvalue weighted by Crippen LogP contribution is -2.17. The quantitative estimate of drug-likeness (QED) is 0.398. The zero-order chi connectivity index (χ0) is 13.0. The number of carbonyl (C=O) groups excluding carboxylic acids is 1. The first kappa shape index (κ1) is 12.3. The molecule has 0 aliphatic rings. The van der Waals surface area contributed by atoms with Crippen molar-refractivity contribution in [1.82, 2.24) is 0 Å². The Balaban J connectivity index is 2.39. The monoisotopic (exact) mass is 258 g/mol. The van der Waals surface area contributed by atoms with E-state index in [0.29, 0.717) is 16.1 Å². The summed E-state index contributed by atoms with van der Waals surface area (Å²) < 4.78 is 0. The first-order valence-corrected chi connectivity index (χ1v) is 5.73. The normalized spacial score (nSPS) is 11.3. The maximum absolute atomic E-state index is 12.3. The summed E-state index contributed by atoms with van der Waals surface area (Å²) in [5, 5.41) is 4.09. The molecule has 3 nitrogen and oxygen atoms in total. The van der Waals surface area contributed by atoms with Crippen molar-refractivity contribution in [2.24, 2.45) is 10.9 Å². The number of hydrazone groups is 1. The van der Waals surface area contributed by atoms with E-state index in [9.17, 15) is 4.79 Å². The summed E-state index contributed by atoms with van der Waals surface area (Å²) in [6.07, 6.45) is 0. The molecule has 2 rings (SSSR count). The van der Waals surface area contributed by atoms with Gasteiger partial charge >= 0.3 is 0 Å². The van der Waals surface area contributed by atoms with Gasteiger partial charge in [-0.15, -0.1) is 0 Å². The van der Waals surface area contributed by atoms with Gasteiger partial charge in [0.25, 0.3) is 0 Å². The van der Waals surface area contributed by atoms with E-state index in [2.05, 4.69) is 5.10 Å². The molecule has 0 aliphatic heterocycles. The van der Waals surface area contributed by atoms with Gasteiger partial charge < -0.3 is 5.84 Å². The van der Waals surface area contributed by atoms with E-state index in [1.54, 1.807) is 36.4 Å². The van der Waals surface area contributed by atoms with Crippen LogP contribution in [0.3, 0.4) is 0 Å². The van der Waals surface area contributed by atoms with E-state index < -0.39 is 0 Å². The molecule has 18 heavy (non-hydrogen) atoms. The Hall–Kier alpha value is -2.13. The minimum absolute atomic E-state index is 0.220. The number of carbonyl (C=O) groups is 1. The zero-order valence-corrected chi connectivity index (χ0v) is 10.3. The summed E-state index contributed by atoms with van der Waals surface area (Å²) in [5.41, 5.74) is 1.37. The number of nitrogens with zero attached hydrogens (tertiary/aromatic N) is 1. The summed E-state index contributed by atoms with van der Waals surface area (Å²) in [7, 11) is 0. The lowest BCUT2D eigenvalue weighted by Gasteiger charge is -2.04. The van der Waals surface area contributed by atoms with Gasteiger partial charge in [0.1, 0.15) is 5.71 Å². The van der Waals surface area contributed by atoms with Gasteiger partial charge in [-0.25, -0.2) is 0 Å². The third-order valence-electron chi connectivity index (χ3n) is 2.48. The summed E-state index contributed by atoms with van der Waals surface area (Å²) in [6, 6.07) is 15.8. The molecule has 0 saturated heterocycles. The molecule has 0 bridgehead atoms. The van der Waals surface area contributed by atoms with Crippen LogP contribution in [0.15, 0.2) is 59.7 Å². The van der Waals surface area contributed by atoms with Crippen LogP contribution in [0.5, 0.6) is 0 Å². The van der Waals surface area contributed by atoms with Gasteiger partial charge in [0.2, 0.25) is 5.78 Å². The highest BCUT2D eigenvalue weighted by atomic mass is 35.5. The van der Waals surface area contributed by atoms with Crippen molar-refractivity contribution in [3.8, 4) is 0 Å². The van der Waals surface area contributed by atoms with Crippen molar-refractivity contribution in [3.63, 3.8) is 0 Å². The van der Waals surface area contributed by atoms with Gasteiger partial charge in [-0.3, -0.25) is 4.79 Å². The van der Waals surface area contributed by atoms with Crippen LogP contribution >= 0.6 is 11.6 Å². The van der Waals surface area contributed by atoms with Crippen LogP contribution in [0.1, 0.15) is 15.9 Å². The Morgan fingerprint density at radius 2 is 1.67 bits per heavy atom. The predicted molar refractivity (Wildman–Crippen MR) is 72.9 cm³/mol. The van der Waals surface area contributed by atoms with Crippen LogP contribution in [-0.4, -0.2) is 11.5 Å². The lowest BCUT2D eigenvalue weighted by molar-refractivity contribution is 0.106. The molecule has 2 aromatic carbocycles. The number of Topliss-reactive ketones (excluding diaryl/α,β-unsaturated/α-hetero) is 1. The summed E-state index contributed by atoms with van der Waals surface area (Å²) in [6.45, 7) is 0. The van der Waals surface area contributed by atoms with Crippen LogP contribution in [-0.2, 0) is 0 Å². The number of benzene rings is 2. The molecule has 90 valence electrons. The number of hydrogen-bond acceptors (Lipinski definition) is 3. The largest absolute Gasteiger partial charge is 0.323 e. The Morgan fingerprint density at radius 1 is 1.00 bits per heavy atom. The molecule has 0 aliphatic carbocycles. The first-order chi connectivity index (χ1) is 8.72. The highest BCUT2D eigenvalue weighted by molar-refractivity contribution is 6.51. The van der Waals surface area contributed by atoms with E-state index in [1.807, 2.05) is 18.2 Å². The average Bonchev–Trinajstić information content (AvgIpc) is 2.41. The molecule has 0 saturated carbocycles. The number of halogens is 1. The molecule has 0 aromatic heterocycles. The number of ketones is 1. The Bertz CT molecular complexity index is 594. The molecule has 0 radical (unpaired) electrons. The van der Waals surface area contributed by atoms with Crippen molar-refractivity contribution in [2.45, 2.75) is 0 Å². The third kappa shape index (κ3) is 2.57. The van der Waals surface area contributed by atoms with Crippen molar-refractivity contribution in [1.29, 1.82) is 0 Å². The first-order valence-electron chi connectivity index (χ1n) is 5.36. The number of hydrogen-bond donors (Lipinski definition) is 1. The molecule has 0 spiro atoms. The fraction of sp³-hybridized carbons (Fsp3) is 0. The van der Waals surface area contributed by atoms with Gasteiger partial charge in [-0.1, -0.05) is 54.1 Å². The number of nitrogens with two attached hydrogens (primary N) is 1. The van der Waals surface area contributed by atoms with Crippen molar-refractivity contribution in [2.75, 3.05) is 0 Å². The van der Waals surface area contributed by atoms with Gasteiger partial charge in [0.15, 0.2) is 0 Å². The van der Waals surface area contributed by atoms with Crippen molar-refractivity contribution < 1.29 is 4.79 Å². The lowest BCUT2D eigenvalue weighted by atomic mass is 10.0. The number of rotatable bonds is 3. The van der Waals surface area contributed by atoms with Crippen LogP contribution < -0.4 is 5.84 Å². The fourth-order valence-electron chi connectivity index (χ4n) is 1.63. The highest BCUT2D eigenvalue weighted by Gasteiger charge is 2.16. The highest BCUT2D eigenvalue weighted by Crippen LogP contribution is 2.13. The molecule has 2 aromatic rings. The zero-order valence-electron chi connectivity index (χ0n) is 9.51. The van der Waals surface area contributed by atoms with Gasteiger partial charge in [0, 0.05) is 16.1 Å². The molecular weight excluding hydrogens is 248 g/mol. The van der Waals surface area contributed by atoms with Crippen LogP contribution in [0, 0.1) is 0 Å². The fourth-order valence-corrected chi connectivity index (χ4v) is 1.82. The Morgan fingerprint density at radius 3 is 2.28 bits per heavy atom. The minimum atomic E-state index is -0.244. The maximum atomic E-state index is 12.3. The Labute approximate surface area is 110 Å². The standard InChI is InChI=1S/C14H11ClN2O/c15-12-8-4-7-11(9-12)14(18)13(17-16)10-5-2-1-3-6-10/h1-9H,16H2. The molecule has 0 atom stereocenters. The SMILES string of the molecule is NN=C(C(=O)c1cccc(Cl)c1)c1ccccc1. The van der Waals surface area contributed by atoms with Crippen molar-refractivity contribution in [3.05, 3.63) is 70.7 Å². The second-order valence-electron chi connectivity index (χ2n) is 3.68. The van der Waals surface area contributed by atoms with E-state index in [1.165, 1.54) is 0 Å². The molecule has 0 heterocycles.